The molecule has 2 aromatic heterocycles. The first-order valence-electron chi connectivity index (χ1n) is 6.93. The number of hydrogen-bond acceptors (Lipinski definition) is 4. The number of thioether (sulfide) groups is 1. The average Bonchev–Trinajstić information content (AvgIpc) is 2.94. The number of halogens is 1. The molecule has 0 aliphatic carbocycles. The van der Waals surface area contributed by atoms with Gasteiger partial charge in [-0.2, -0.15) is 0 Å². The highest BCUT2D eigenvalue weighted by Gasteiger charge is 2.12. The molecule has 0 saturated carbocycles. The highest BCUT2D eigenvalue weighted by atomic mass is 35.5. The summed E-state index contributed by atoms with van der Waals surface area (Å²) in [5, 5.41) is 0.705. The van der Waals surface area contributed by atoms with Gasteiger partial charge in [0.15, 0.2) is 11.5 Å². The number of rotatable bonds is 3. The Balaban J connectivity index is 1.51. The predicted molar refractivity (Wildman–Crippen MR) is 87.2 cm³/mol. The van der Waals surface area contributed by atoms with E-state index in [2.05, 4.69) is 4.98 Å². The van der Waals surface area contributed by atoms with Crippen LogP contribution in [0.2, 0.25) is 5.02 Å². The number of aromatic nitrogens is 2. The molecule has 0 fully saturated rings. The molecule has 22 heavy (non-hydrogen) atoms. The first kappa shape index (κ1) is 13.8. The Morgan fingerprint density at radius 1 is 1.09 bits per heavy atom. The van der Waals surface area contributed by atoms with Crippen molar-refractivity contribution < 1.29 is 9.47 Å². The van der Waals surface area contributed by atoms with Crippen LogP contribution in [0.25, 0.3) is 5.65 Å². The molecule has 0 radical (unpaired) electrons. The van der Waals surface area contributed by atoms with Crippen molar-refractivity contribution in [2.45, 2.75) is 10.6 Å². The van der Waals surface area contributed by atoms with E-state index in [4.69, 9.17) is 21.1 Å². The van der Waals surface area contributed by atoms with Crippen LogP contribution in [0.1, 0.15) is 5.69 Å². The van der Waals surface area contributed by atoms with Gasteiger partial charge in [-0.1, -0.05) is 11.6 Å². The van der Waals surface area contributed by atoms with Crippen molar-refractivity contribution in [1.82, 2.24) is 9.38 Å². The van der Waals surface area contributed by atoms with Crippen LogP contribution in [-0.2, 0) is 5.75 Å². The second-order valence-electron chi connectivity index (χ2n) is 4.94. The molecule has 0 spiro atoms. The van der Waals surface area contributed by atoms with Gasteiger partial charge in [-0.05, 0) is 30.3 Å². The third-order valence-corrected chi connectivity index (χ3v) is 4.62. The minimum atomic E-state index is 0.605. The van der Waals surface area contributed by atoms with Crippen LogP contribution in [0.15, 0.2) is 47.6 Å². The molecule has 3 aromatic rings. The van der Waals surface area contributed by atoms with Crippen LogP contribution >= 0.6 is 23.4 Å². The molecule has 4 rings (SSSR count). The Morgan fingerprint density at radius 2 is 1.95 bits per heavy atom. The summed E-state index contributed by atoms with van der Waals surface area (Å²) in [7, 11) is 0. The molecule has 6 heteroatoms. The molecule has 0 bridgehead atoms. The maximum absolute atomic E-state index is 5.99. The van der Waals surface area contributed by atoms with Gasteiger partial charge in [0.05, 0.1) is 10.7 Å². The summed E-state index contributed by atoms with van der Waals surface area (Å²) in [6.07, 6.45) is 3.87. The minimum Gasteiger partial charge on any atom is -0.486 e. The minimum absolute atomic E-state index is 0.605. The van der Waals surface area contributed by atoms with E-state index < -0.39 is 0 Å². The predicted octanol–water partition coefficient (Wildman–Crippen LogP) is 4.05. The summed E-state index contributed by atoms with van der Waals surface area (Å²) in [6.45, 7) is 1.22. The smallest absolute Gasteiger partial charge is 0.162 e. The van der Waals surface area contributed by atoms with Gasteiger partial charge in [-0.15, -0.1) is 11.8 Å². The van der Waals surface area contributed by atoms with Gasteiger partial charge >= 0.3 is 0 Å². The van der Waals surface area contributed by atoms with E-state index in [1.54, 1.807) is 11.8 Å². The Kier molecular flexibility index (Phi) is 3.60. The monoisotopic (exact) mass is 332 g/mol. The van der Waals surface area contributed by atoms with Crippen molar-refractivity contribution in [3.63, 3.8) is 0 Å². The quantitative estimate of drug-likeness (QED) is 0.678. The zero-order chi connectivity index (χ0) is 14.9. The van der Waals surface area contributed by atoms with E-state index in [0.717, 1.165) is 33.5 Å². The van der Waals surface area contributed by atoms with Gasteiger partial charge in [-0.3, -0.25) is 0 Å². The number of nitrogens with zero attached hydrogens (tertiary/aromatic N) is 2. The lowest BCUT2D eigenvalue weighted by Crippen LogP contribution is -2.15. The van der Waals surface area contributed by atoms with E-state index in [9.17, 15) is 0 Å². The zero-order valence-electron chi connectivity index (χ0n) is 11.7. The third-order valence-electron chi connectivity index (χ3n) is 3.37. The summed E-state index contributed by atoms with van der Waals surface area (Å²) < 4.78 is 13.1. The van der Waals surface area contributed by atoms with E-state index in [0.29, 0.717) is 18.2 Å². The van der Waals surface area contributed by atoms with Crippen LogP contribution in [0.4, 0.5) is 0 Å². The number of imidazole rings is 1. The molecule has 0 saturated heterocycles. The van der Waals surface area contributed by atoms with Crippen LogP contribution in [-0.4, -0.2) is 22.6 Å². The summed E-state index contributed by atoms with van der Waals surface area (Å²) >= 11 is 7.71. The van der Waals surface area contributed by atoms with Crippen LogP contribution in [0.3, 0.4) is 0 Å². The van der Waals surface area contributed by atoms with Crippen molar-refractivity contribution in [2.24, 2.45) is 0 Å². The van der Waals surface area contributed by atoms with Crippen molar-refractivity contribution in [3.8, 4) is 11.5 Å². The maximum atomic E-state index is 5.99. The van der Waals surface area contributed by atoms with Crippen LogP contribution in [0, 0.1) is 0 Å². The van der Waals surface area contributed by atoms with Crippen molar-refractivity contribution in [1.29, 1.82) is 0 Å². The molecule has 4 nitrogen and oxygen atoms in total. The third kappa shape index (κ3) is 2.74. The Labute approximate surface area is 137 Å². The fourth-order valence-electron chi connectivity index (χ4n) is 2.36. The molecule has 0 atom stereocenters. The maximum Gasteiger partial charge on any atom is 0.162 e. The van der Waals surface area contributed by atoms with E-state index in [1.807, 2.05) is 47.1 Å². The molecular formula is C16H13ClN2O2S. The molecule has 112 valence electrons. The molecule has 0 unspecified atom stereocenters. The lowest BCUT2D eigenvalue weighted by molar-refractivity contribution is 0.171. The lowest BCUT2D eigenvalue weighted by Gasteiger charge is -2.18. The molecule has 0 amide bonds. The van der Waals surface area contributed by atoms with Gasteiger partial charge in [0.2, 0.25) is 0 Å². The zero-order valence-corrected chi connectivity index (χ0v) is 13.2. The highest BCUT2D eigenvalue weighted by molar-refractivity contribution is 7.98. The van der Waals surface area contributed by atoms with Gasteiger partial charge in [0.25, 0.3) is 0 Å². The Morgan fingerprint density at radius 3 is 2.86 bits per heavy atom. The number of fused-ring (bicyclic) bond motifs is 2. The highest BCUT2D eigenvalue weighted by Crippen LogP contribution is 2.35. The SMILES string of the molecule is Clc1ccc2nc(CSc3ccc4c(c3)OCCO4)cn2c1. The van der Waals surface area contributed by atoms with E-state index in [-0.39, 0.29) is 0 Å². The average molecular weight is 333 g/mol. The van der Waals surface area contributed by atoms with Crippen molar-refractivity contribution in [2.75, 3.05) is 13.2 Å². The number of benzene rings is 1. The van der Waals surface area contributed by atoms with E-state index in [1.165, 1.54) is 0 Å². The molecule has 1 aliphatic rings. The normalized spacial score (nSPS) is 13.5. The van der Waals surface area contributed by atoms with Gasteiger partial charge in [0, 0.05) is 23.0 Å². The fraction of sp³-hybridized carbons (Fsp3) is 0.188. The molecule has 3 heterocycles. The molecule has 1 aromatic carbocycles. The molecule has 1 aliphatic heterocycles. The number of pyridine rings is 1. The summed E-state index contributed by atoms with van der Waals surface area (Å²) in [5.41, 5.74) is 1.92. The van der Waals surface area contributed by atoms with Gasteiger partial charge in [-0.25, -0.2) is 4.98 Å². The second kappa shape index (κ2) is 5.74. The number of ether oxygens (including phenoxy) is 2. The first-order chi connectivity index (χ1) is 10.8. The standard InChI is InChI=1S/C16H13ClN2O2S/c17-11-1-4-16-18-12(9-19(16)8-11)10-22-13-2-3-14-15(7-13)21-6-5-20-14/h1-4,7-9H,5-6,10H2. The van der Waals surface area contributed by atoms with Gasteiger partial charge in [0.1, 0.15) is 18.9 Å². The van der Waals surface area contributed by atoms with Crippen molar-refractivity contribution >= 4 is 29.0 Å². The molecule has 0 N–H and O–H groups in total. The Bertz CT molecular complexity index is 834. The summed E-state index contributed by atoms with van der Waals surface area (Å²) in [6, 6.07) is 9.79. The fourth-order valence-corrected chi connectivity index (χ4v) is 3.33. The van der Waals surface area contributed by atoms with E-state index >= 15 is 0 Å². The lowest BCUT2D eigenvalue weighted by atomic mass is 10.3. The largest absolute Gasteiger partial charge is 0.486 e. The van der Waals surface area contributed by atoms with Crippen molar-refractivity contribution in [3.05, 3.63) is 53.4 Å². The number of hydrogen-bond donors (Lipinski definition) is 0. The van der Waals surface area contributed by atoms with Crippen LogP contribution in [0.5, 0.6) is 11.5 Å². The summed E-state index contributed by atoms with van der Waals surface area (Å²) in [5.74, 6) is 2.43. The van der Waals surface area contributed by atoms with Gasteiger partial charge < -0.3 is 13.9 Å². The Hall–Kier alpha value is -1.85. The van der Waals surface area contributed by atoms with Crippen LogP contribution < -0.4 is 9.47 Å². The topological polar surface area (TPSA) is 35.8 Å². The second-order valence-corrected chi connectivity index (χ2v) is 6.42. The molecular weight excluding hydrogens is 320 g/mol. The summed E-state index contributed by atoms with van der Waals surface area (Å²) in [4.78, 5) is 5.72. The first-order valence-corrected chi connectivity index (χ1v) is 8.30.